The van der Waals surface area contributed by atoms with Crippen molar-refractivity contribution in [2.75, 3.05) is 6.54 Å². The molecule has 0 saturated heterocycles. The van der Waals surface area contributed by atoms with E-state index < -0.39 is 0 Å². The van der Waals surface area contributed by atoms with E-state index in [9.17, 15) is 0 Å². The molecular weight excluding hydrogens is 222 g/mol. The van der Waals surface area contributed by atoms with Gasteiger partial charge in [-0.25, -0.2) is 4.68 Å². The first-order valence-corrected chi connectivity index (χ1v) is 6.68. The molecular formula is C15H21N3. The van der Waals surface area contributed by atoms with Gasteiger partial charge in [0, 0.05) is 17.8 Å². The summed E-state index contributed by atoms with van der Waals surface area (Å²) in [5.41, 5.74) is 3.73. The fourth-order valence-corrected chi connectivity index (χ4v) is 2.12. The average Bonchev–Trinajstić information content (AvgIpc) is 2.83. The molecule has 1 heterocycles. The summed E-state index contributed by atoms with van der Waals surface area (Å²) in [5, 5.41) is 7.95. The second-order valence-electron chi connectivity index (χ2n) is 4.39. The van der Waals surface area contributed by atoms with Gasteiger partial charge in [0.25, 0.3) is 0 Å². The van der Waals surface area contributed by atoms with Crippen LogP contribution in [0.5, 0.6) is 0 Å². The maximum absolute atomic E-state index is 4.51. The van der Waals surface area contributed by atoms with E-state index in [1.807, 2.05) is 29.1 Å². The van der Waals surface area contributed by atoms with Crippen LogP contribution in [0.25, 0.3) is 5.69 Å². The lowest BCUT2D eigenvalue weighted by Gasteiger charge is -2.08. The van der Waals surface area contributed by atoms with Crippen LogP contribution in [0.2, 0.25) is 0 Å². The molecule has 1 aromatic carbocycles. The molecule has 3 heteroatoms. The van der Waals surface area contributed by atoms with Crippen molar-refractivity contribution in [3.05, 3.63) is 47.8 Å². The molecule has 0 bridgehead atoms. The van der Waals surface area contributed by atoms with Crippen LogP contribution in [0.15, 0.2) is 36.5 Å². The van der Waals surface area contributed by atoms with Gasteiger partial charge in [0.05, 0.1) is 11.9 Å². The third kappa shape index (κ3) is 2.79. The van der Waals surface area contributed by atoms with Crippen molar-refractivity contribution < 1.29 is 0 Å². The SMILES string of the molecule is CCCNCc1cnn(-c2ccccc2)c1CC. The van der Waals surface area contributed by atoms with Crippen LogP contribution in [-0.2, 0) is 13.0 Å². The summed E-state index contributed by atoms with van der Waals surface area (Å²) in [7, 11) is 0. The fourth-order valence-electron chi connectivity index (χ4n) is 2.12. The van der Waals surface area contributed by atoms with Gasteiger partial charge in [-0.05, 0) is 31.5 Å². The van der Waals surface area contributed by atoms with Gasteiger partial charge in [-0.15, -0.1) is 0 Å². The smallest absolute Gasteiger partial charge is 0.0648 e. The summed E-state index contributed by atoms with van der Waals surface area (Å²) >= 11 is 0. The standard InChI is InChI=1S/C15H21N3/c1-3-10-16-11-13-12-17-18(15(13)4-2)14-8-6-5-7-9-14/h5-9,12,16H,3-4,10-11H2,1-2H3. The molecule has 96 valence electrons. The monoisotopic (exact) mass is 243 g/mol. The summed E-state index contributed by atoms with van der Waals surface area (Å²) in [4.78, 5) is 0. The summed E-state index contributed by atoms with van der Waals surface area (Å²) in [6.07, 6.45) is 4.14. The molecule has 3 nitrogen and oxygen atoms in total. The van der Waals surface area contributed by atoms with Crippen molar-refractivity contribution in [3.8, 4) is 5.69 Å². The highest BCUT2D eigenvalue weighted by molar-refractivity contribution is 5.34. The minimum Gasteiger partial charge on any atom is -0.313 e. The van der Waals surface area contributed by atoms with Gasteiger partial charge in [0.15, 0.2) is 0 Å². The number of nitrogens with one attached hydrogen (secondary N) is 1. The Labute approximate surface area is 109 Å². The number of nitrogens with zero attached hydrogens (tertiary/aromatic N) is 2. The van der Waals surface area contributed by atoms with Crippen LogP contribution >= 0.6 is 0 Å². The zero-order chi connectivity index (χ0) is 12.8. The number of hydrogen-bond acceptors (Lipinski definition) is 2. The Morgan fingerprint density at radius 1 is 1.17 bits per heavy atom. The quantitative estimate of drug-likeness (QED) is 0.791. The number of para-hydroxylation sites is 1. The highest BCUT2D eigenvalue weighted by Gasteiger charge is 2.09. The molecule has 0 atom stereocenters. The zero-order valence-electron chi connectivity index (χ0n) is 11.2. The molecule has 0 aliphatic heterocycles. The third-order valence-corrected chi connectivity index (χ3v) is 3.03. The molecule has 2 aromatic rings. The lowest BCUT2D eigenvalue weighted by atomic mass is 10.2. The highest BCUT2D eigenvalue weighted by atomic mass is 15.3. The lowest BCUT2D eigenvalue weighted by Crippen LogP contribution is -2.15. The predicted octanol–water partition coefficient (Wildman–Crippen LogP) is 2.93. The first-order chi connectivity index (χ1) is 8.86. The summed E-state index contributed by atoms with van der Waals surface area (Å²) < 4.78 is 2.04. The van der Waals surface area contributed by atoms with Crippen molar-refractivity contribution >= 4 is 0 Å². The fraction of sp³-hybridized carbons (Fsp3) is 0.400. The third-order valence-electron chi connectivity index (χ3n) is 3.03. The van der Waals surface area contributed by atoms with E-state index in [0.717, 1.165) is 31.6 Å². The van der Waals surface area contributed by atoms with E-state index in [2.05, 4.69) is 36.4 Å². The molecule has 0 radical (unpaired) electrons. The van der Waals surface area contributed by atoms with E-state index in [1.54, 1.807) is 0 Å². The molecule has 0 fully saturated rings. The molecule has 0 unspecified atom stereocenters. The minimum absolute atomic E-state index is 0.907. The number of benzene rings is 1. The second kappa shape index (κ2) is 6.36. The minimum atomic E-state index is 0.907. The topological polar surface area (TPSA) is 29.9 Å². The second-order valence-corrected chi connectivity index (χ2v) is 4.39. The Hall–Kier alpha value is -1.61. The number of aromatic nitrogens is 2. The van der Waals surface area contributed by atoms with Crippen LogP contribution in [0, 0.1) is 0 Å². The van der Waals surface area contributed by atoms with Crippen molar-refractivity contribution in [2.45, 2.75) is 33.2 Å². The average molecular weight is 243 g/mol. The summed E-state index contributed by atoms with van der Waals surface area (Å²) in [5.74, 6) is 0. The van der Waals surface area contributed by atoms with Crippen LogP contribution in [0.1, 0.15) is 31.5 Å². The zero-order valence-corrected chi connectivity index (χ0v) is 11.2. The van der Waals surface area contributed by atoms with Crippen LogP contribution in [-0.4, -0.2) is 16.3 Å². The molecule has 0 amide bonds. The van der Waals surface area contributed by atoms with Gasteiger partial charge in [-0.1, -0.05) is 32.0 Å². The number of hydrogen-bond donors (Lipinski definition) is 1. The lowest BCUT2D eigenvalue weighted by molar-refractivity contribution is 0.669. The maximum atomic E-state index is 4.51. The Morgan fingerprint density at radius 2 is 1.94 bits per heavy atom. The largest absolute Gasteiger partial charge is 0.313 e. The van der Waals surface area contributed by atoms with E-state index in [1.165, 1.54) is 11.3 Å². The van der Waals surface area contributed by atoms with E-state index >= 15 is 0 Å². The van der Waals surface area contributed by atoms with Gasteiger partial charge in [-0.2, -0.15) is 5.10 Å². The van der Waals surface area contributed by atoms with E-state index in [-0.39, 0.29) is 0 Å². The molecule has 0 saturated carbocycles. The van der Waals surface area contributed by atoms with Gasteiger partial charge in [0.1, 0.15) is 0 Å². The molecule has 0 aliphatic carbocycles. The normalized spacial score (nSPS) is 10.8. The Morgan fingerprint density at radius 3 is 2.61 bits per heavy atom. The van der Waals surface area contributed by atoms with Gasteiger partial charge in [0.2, 0.25) is 0 Å². The highest BCUT2D eigenvalue weighted by Crippen LogP contribution is 2.15. The molecule has 18 heavy (non-hydrogen) atoms. The molecule has 0 aliphatic rings. The summed E-state index contributed by atoms with van der Waals surface area (Å²) in [6, 6.07) is 10.3. The van der Waals surface area contributed by atoms with Crippen molar-refractivity contribution in [1.82, 2.24) is 15.1 Å². The van der Waals surface area contributed by atoms with E-state index in [0.29, 0.717) is 0 Å². The van der Waals surface area contributed by atoms with E-state index in [4.69, 9.17) is 0 Å². The van der Waals surface area contributed by atoms with Gasteiger partial charge >= 0.3 is 0 Å². The van der Waals surface area contributed by atoms with Gasteiger partial charge in [-0.3, -0.25) is 0 Å². The Kier molecular flexibility index (Phi) is 4.53. The van der Waals surface area contributed by atoms with Crippen molar-refractivity contribution in [2.24, 2.45) is 0 Å². The maximum Gasteiger partial charge on any atom is 0.0648 e. The Balaban J connectivity index is 2.22. The van der Waals surface area contributed by atoms with Crippen LogP contribution in [0.4, 0.5) is 0 Å². The summed E-state index contributed by atoms with van der Waals surface area (Å²) in [6.45, 7) is 6.32. The predicted molar refractivity (Wildman–Crippen MR) is 74.9 cm³/mol. The molecule has 2 rings (SSSR count). The molecule has 0 spiro atoms. The van der Waals surface area contributed by atoms with Crippen LogP contribution < -0.4 is 5.32 Å². The van der Waals surface area contributed by atoms with Crippen LogP contribution in [0.3, 0.4) is 0 Å². The molecule has 1 N–H and O–H groups in total. The first-order valence-electron chi connectivity index (χ1n) is 6.68. The molecule has 1 aromatic heterocycles. The van der Waals surface area contributed by atoms with Crippen molar-refractivity contribution in [1.29, 1.82) is 0 Å². The first kappa shape index (κ1) is 12.8. The Bertz CT molecular complexity index is 474. The number of rotatable bonds is 6. The van der Waals surface area contributed by atoms with Crippen molar-refractivity contribution in [3.63, 3.8) is 0 Å². The van der Waals surface area contributed by atoms with Gasteiger partial charge < -0.3 is 5.32 Å².